The number of aromatic nitrogens is 1. The van der Waals surface area contributed by atoms with E-state index >= 15 is 0 Å². The second kappa shape index (κ2) is 6.48. The molecule has 1 amide bonds. The van der Waals surface area contributed by atoms with Crippen LogP contribution in [0.2, 0.25) is 5.02 Å². The van der Waals surface area contributed by atoms with Crippen LogP contribution in [0.25, 0.3) is 0 Å². The van der Waals surface area contributed by atoms with E-state index in [1.54, 1.807) is 25.1 Å². The minimum atomic E-state index is -0.624. The molecule has 2 aromatic rings. The van der Waals surface area contributed by atoms with E-state index in [4.69, 9.17) is 20.9 Å². The van der Waals surface area contributed by atoms with Crippen LogP contribution in [0, 0.1) is 12.8 Å². The number of benzene rings is 1. The van der Waals surface area contributed by atoms with Crippen molar-refractivity contribution in [2.75, 3.05) is 4.90 Å². The van der Waals surface area contributed by atoms with Crippen molar-refractivity contribution >= 4 is 29.1 Å². The number of Topliss-reactive ketones (excluding diaryl/α,β-unsaturated/α-hetero) is 1. The van der Waals surface area contributed by atoms with Crippen LogP contribution >= 0.6 is 11.6 Å². The summed E-state index contributed by atoms with van der Waals surface area (Å²) in [6.45, 7) is 1.76. The van der Waals surface area contributed by atoms with Crippen molar-refractivity contribution in [1.82, 2.24) is 5.16 Å². The number of aryl methyl sites for hydroxylation is 1. The van der Waals surface area contributed by atoms with Gasteiger partial charge in [-0.25, -0.2) is 0 Å². The SMILES string of the molecule is Cc1cc(N2C(=O)C3=C(C(=O)C4CCCCC4O3)C2c2cccc(Cl)c2)no1. The summed E-state index contributed by atoms with van der Waals surface area (Å²) in [5, 5.41) is 4.56. The molecule has 0 saturated heterocycles. The molecule has 3 aliphatic rings. The van der Waals surface area contributed by atoms with Crippen LogP contribution in [0.15, 0.2) is 46.2 Å². The van der Waals surface area contributed by atoms with Gasteiger partial charge >= 0.3 is 0 Å². The molecular weight excluding hydrogens is 380 g/mol. The molecule has 2 aliphatic heterocycles. The highest BCUT2D eigenvalue weighted by molar-refractivity contribution is 6.30. The highest BCUT2D eigenvalue weighted by atomic mass is 35.5. The van der Waals surface area contributed by atoms with Gasteiger partial charge in [0, 0.05) is 11.1 Å². The van der Waals surface area contributed by atoms with E-state index in [0.29, 0.717) is 22.2 Å². The van der Waals surface area contributed by atoms with Crippen LogP contribution in [0.1, 0.15) is 43.0 Å². The summed E-state index contributed by atoms with van der Waals surface area (Å²) in [5.41, 5.74) is 1.16. The van der Waals surface area contributed by atoms with E-state index in [-0.39, 0.29) is 29.5 Å². The lowest BCUT2D eigenvalue weighted by Gasteiger charge is -2.35. The van der Waals surface area contributed by atoms with Crippen molar-refractivity contribution in [3.63, 3.8) is 0 Å². The highest BCUT2D eigenvalue weighted by Crippen LogP contribution is 2.48. The monoisotopic (exact) mass is 398 g/mol. The Morgan fingerprint density at radius 1 is 1.18 bits per heavy atom. The Kier molecular flexibility index (Phi) is 4.05. The first-order valence-corrected chi connectivity index (χ1v) is 9.90. The first-order chi connectivity index (χ1) is 13.5. The number of carbonyl (C=O) groups excluding carboxylic acids is 2. The standard InChI is InChI=1S/C21H19ClN2O4/c1-11-9-16(23-28-11)24-18(12-5-4-6-13(22)10-12)17-19(25)14-7-2-3-8-15(14)27-20(17)21(24)26/h4-6,9-10,14-15,18H,2-3,7-8H2,1H3. The molecule has 1 saturated carbocycles. The Labute approximate surface area is 167 Å². The van der Waals surface area contributed by atoms with Crippen LogP contribution in [-0.2, 0) is 14.3 Å². The second-order valence-corrected chi connectivity index (χ2v) is 8.02. The second-order valence-electron chi connectivity index (χ2n) is 7.58. The number of ketones is 1. The highest BCUT2D eigenvalue weighted by Gasteiger charge is 2.53. The van der Waals surface area contributed by atoms with E-state index in [1.807, 2.05) is 12.1 Å². The zero-order chi connectivity index (χ0) is 19.4. The van der Waals surface area contributed by atoms with Gasteiger partial charge in [-0.2, -0.15) is 0 Å². The third-order valence-corrected chi connectivity index (χ3v) is 6.03. The third-order valence-electron chi connectivity index (χ3n) is 5.79. The van der Waals surface area contributed by atoms with Crippen molar-refractivity contribution in [1.29, 1.82) is 0 Å². The summed E-state index contributed by atoms with van der Waals surface area (Å²) in [5.74, 6) is 0.553. The predicted molar refractivity (Wildman–Crippen MR) is 102 cm³/mol. The number of halogens is 1. The molecule has 0 radical (unpaired) electrons. The first-order valence-electron chi connectivity index (χ1n) is 9.52. The molecule has 1 aromatic heterocycles. The number of carbonyl (C=O) groups is 2. The van der Waals surface area contributed by atoms with Crippen LogP contribution in [0.4, 0.5) is 5.82 Å². The van der Waals surface area contributed by atoms with Gasteiger partial charge in [0.15, 0.2) is 17.4 Å². The van der Waals surface area contributed by atoms with Crippen LogP contribution in [-0.4, -0.2) is 23.0 Å². The molecule has 6 nitrogen and oxygen atoms in total. The van der Waals surface area contributed by atoms with Crippen LogP contribution in [0.5, 0.6) is 0 Å². The maximum atomic E-state index is 13.4. The molecule has 5 rings (SSSR count). The zero-order valence-corrected chi connectivity index (χ0v) is 16.1. The number of rotatable bonds is 2. The molecule has 1 aromatic carbocycles. The van der Waals surface area contributed by atoms with Crippen LogP contribution < -0.4 is 4.90 Å². The van der Waals surface area contributed by atoms with Crippen molar-refractivity contribution in [3.8, 4) is 0 Å². The molecule has 3 atom stereocenters. The van der Waals surface area contributed by atoms with Crippen molar-refractivity contribution in [3.05, 3.63) is 58.0 Å². The molecule has 0 bridgehead atoms. The summed E-state index contributed by atoms with van der Waals surface area (Å²) < 4.78 is 11.3. The fourth-order valence-electron chi connectivity index (χ4n) is 4.54. The third kappa shape index (κ3) is 2.58. The summed E-state index contributed by atoms with van der Waals surface area (Å²) in [6.07, 6.45) is 3.38. The Morgan fingerprint density at radius 2 is 2.00 bits per heavy atom. The van der Waals surface area contributed by atoms with E-state index in [0.717, 1.165) is 31.2 Å². The molecule has 28 heavy (non-hydrogen) atoms. The van der Waals surface area contributed by atoms with Gasteiger partial charge in [-0.1, -0.05) is 35.3 Å². The molecule has 0 spiro atoms. The molecule has 1 aliphatic carbocycles. The zero-order valence-electron chi connectivity index (χ0n) is 15.4. The van der Waals surface area contributed by atoms with Gasteiger partial charge in [-0.15, -0.1) is 0 Å². The van der Waals surface area contributed by atoms with Gasteiger partial charge in [0.2, 0.25) is 0 Å². The minimum Gasteiger partial charge on any atom is -0.483 e. The van der Waals surface area contributed by atoms with Crippen molar-refractivity contribution in [2.45, 2.75) is 44.8 Å². The maximum Gasteiger partial charge on any atom is 0.295 e. The lowest BCUT2D eigenvalue weighted by molar-refractivity contribution is -0.131. The van der Waals surface area contributed by atoms with Gasteiger partial charge in [0.25, 0.3) is 5.91 Å². The normalized spacial score (nSPS) is 26.9. The average molecular weight is 399 g/mol. The lowest BCUT2D eigenvalue weighted by Crippen LogP contribution is -2.39. The van der Waals surface area contributed by atoms with E-state index in [9.17, 15) is 9.59 Å². The van der Waals surface area contributed by atoms with Gasteiger partial charge in [-0.05, 0) is 43.9 Å². The molecule has 3 unspecified atom stereocenters. The molecule has 0 N–H and O–H groups in total. The molecule has 144 valence electrons. The predicted octanol–water partition coefficient (Wildman–Crippen LogP) is 4.14. The van der Waals surface area contributed by atoms with Gasteiger partial charge < -0.3 is 9.26 Å². The number of hydrogen-bond donors (Lipinski definition) is 0. The van der Waals surface area contributed by atoms with Crippen molar-refractivity contribution in [2.24, 2.45) is 5.92 Å². The number of anilines is 1. The minimum absolute atomic E-state index is 0.00647. The number of amides is 1. The summed E-state index contributed by atoms with van der Waals surface area (Å²) in [4.78, 5) is 28.2. The quantitative estimate of drug-likeness (QED) is 0.760. The Morgan fingerprint density at radius 3 is 2.75 bits per heavy atom. The number of nitrogens with zero attached hydrogens (tertiary/aromatic N) is 2. The first kappa shape index (κ1) is 17.5. The van der Waals surface area contributed by atoms with Gasteiger partial charge in [0.1, 0.15) is 11.9 Å². The topological polar surface area (TPSA) is 72.6 Å². The number of ether oxygens (including phenoxy) is 1. The fraction of sp³-hybridized carbons (Fsp3) is 0.381. The van der Waals surface area contributed by atoms with Gasteiger partial charge in [-0.3, -0.25) is 14.5 Å². The van der Waals surface area contributed by atoms with E-state index < -0.39 is 6.04 Å². The van der Waals surface area contributed by atoms with Gasteiger partial charge in [0.05, 0.1) is 17.5 Å². The maximum absolute atomic E-state index is 13.4. The summed E-state index contributed by atoms with van der Waals surface area (Å²) in [6, 6.07) is 8.27. The Bertz CT molecular complexity index is 1010. The average Bonchev–Trinajstić information content (AvgIpc) is 3.23. The molecule has 3 heterocycles. The van der Waals surface area contributed by atoms with Crippen molar-refractivity contribution < 1.29 is 18.8 Å². The lowest BCUT2D eigenvalue weighted by atomic mass is 9.77. The molecule has 7 heteroatoms. The fourth-order valence-corrected chi connectivity index (χ4v) is 4.74. The summed E-state index contributed by atoms with van der Waals surface area (Å²) in [7, 11) is 0. The Hall–Kier alpha value is -2.60. The van der Waals surface area contributed by atoms with E-state index in [2.05, 4.69) is 5.16 Å². The molecular formula is C21H19ClN2O4. The van der Waals surface area contributed by atoms with E-state index in [1.165, 1.54) is 4.90 Å². The molecule has 1 fully saturated rings. The smallest absolute Gasteiger partial charge is 0.295 e. The Balaban J connectivity index is 1.67. The number of hydrogen-bond acceptors (Lipinski definition) is 5. The van der Waals surface area contributed by atoms with Crippen LogP contribution in [0.3, 0.4) is 0 Å². The number of fused-ring (bicyclic) bond motifs is 1. The summed E-state index contributed by atoms with van der Waals surface area (Å²) >= 11 is 6.21. The largest absolute Gasteiger partial charge is 0.483 e.